The van der Waals surface area contributed by atoms with Crippen molar-refractivity contribution in [3.05, 3.63) is 35.4 Å². The van der Waals surface area contributed by atoms with Gasteiger partial charge in [0.15, 0.2) is 5.78 Å². The molecule has 0 unspecified atom stereocenters. The van der Waals surface area contributed by atoms with Gasteiger partial charge in [-0.3, -0.25) is 4.79 Å². The molecule has 0 saturated heterocycles. The summed E-state index contributed by atoms with van der Waals surface area (Å²) in [6.45, 7) is 15.8. The quantitative estimate of drug-likeness (QED) is 0.644. The van der Waals surface area contributed by atoms with Crippen LogP contribution in [0.15, 0.2) is 24.3 Å². The molecule has 0 heterocycles. The zero-order valence-electron chi connectivity index (χ0n) is 14.7. The van der Waals surface area contributed by atoms with Gasteiger partial charge >= 0.3 is 0 Å². The van der Waals surface area contributed by atoms with E-state index in [4.69, 9.17) is 0 Å². The van der Waals surface area contributed by atoms with E-state index in [-0.39, 0.29) is 22.2 Å². The van der Waals surface area contributed by atoms with E-state index in [1.807, 2.05) is 12.1 Å². The van der Waals surface area contributed by atoms with Crippen LogP contribution in [0, 0.1) is 16.7 Å². The number of carbonyl (C=O) groups excluding carboxylic acids is 1. The van der Waals surface area contributed by atoms with Crippen molar-refractivity contribution in [1.29, 1.82) is 0 Å². The molecule has 0 amide bonds. The number of rotatable bonds is 2. The molecule has 0 atom stereocenters. The van der Waals surface area contributed by atoms with Crippen molar-refractivity contribution < 1.29 is 4.79 Å². The van der Waals surface area contributed by atoms with Gasteiger partial charge in [0, 0.05) is 11.5 Å². The number of carbonyl (C=O) groups is 1. The molecule has 1 aromatic rings. The van der Waals surface area contributed by atoms with Crippen LogP contribution in [0.25, 0.3) is 0 Å². The summed E-state index contributed by atoms with van der Waals surface area (Å²) in [5, 5.41) is 0. The largest absolute Gasteiger partial charge is 0.294 e. The Hall–Kier alpha value is -1.11. The third kappa shape index (κ3) is 3.07. The maximum atomic E-state index is 12.8. The molecule has 0 N–H and O–H groups in total. The van der Waals surface area contributed by atoms with Crippen molar-refractivity contribution in [3.63, 3.8) is 0 Å². The van der Waals surface area contributed by atoms with E-state index in [0.717, 1.165) is 18.4 Å². The minimum absolute atomic E-state index is 0.138. The van der Waals surface area contributed by atoms with Gasteiger partial charge in [-0.05, 0) is 34.7 Å². The molecule has 0 aromatic heterocycles. The minimum atomic E-state index is 0.138. The molecule has 1 heteroatoms. The third-order valence-corrected chi connectivity index (χ3v) is 5.75. The van der Waals surface area contributed by atoms with Gasteiger partial charge in [-0.25, -0.2) is 0 Å². The van der Waals surface area contributed by atoms with Crippen LogP contribution >= 0.6 is 0 Å². The smallest absolute Gasteiger partial charge is 0.165 e. The van der Waals surface area contributed by atoms with Crippen molar-refractivity contribution in [3.8, 4) is 0 Å². The predicted molar refractivity (Wildman–Crippen MR) is 89.8 cm³/mol. The first-order valence-corrected chi connectivity index (χ1v) is 8.09. The molecule has 0 radical (unpaired) electrons. The molecule has 1 fully saturated rings. The molecule has 21 heavy (non-hydrogen) atoms. The second kappa shape index (κ2) is 4.97. The first-order valence-electron chi connectivity index (χ1n) is 8.09. The van der Waals surface area contributed by atoms with Crippen LogP contribution in [0.1, 0.15) is 77.2 Å². The number of Topliss-reactive ketones (excluding diaryl/α,β-unsaturated/α-hetero) is 1. The summed E-state index contributed by atoms with van der Waals surface area (Å²) in [5.74, 6) is 0.504. The summed E-state index contributed by atoms with van der Waals surface area (Å²) in [6.07, 6.45) is 2.00. The van der Waals surface area contributed by atoms with Crippen molar-refractivity contribution in [2.24, 2.45) is 16.7 Å². The molecule has 0 bridgehead atoms. The molecule has 1 aliphatic rings. The summed E-state index contributed by atoms with van der Waals surface area (Å²) in [5.41, 5.74) is 2.77. The van der Waals surface area contributed by atoms with Gasteiger partial charge in [0.1, 0.15) is 0 Å². The SMILES string of the molecule is CC(C)(C)c1ccc(C(=O)C2CC(C)(C)C(C)(C)C2)cc1. The van der Waals surface area contributed by atoms with Crippen LogP contribution in [0.4, 0.5) is 0 Å². The Morgan fingerprint density at radius 1 is 0.952 bits per heavy atom. The molecule has 2 rings (SSSR count). The summed E-state index contributed by atoms with van der Waals surface area (Å²) < 4.78 is 0. The fraction of sp³-hybridized carbons (Fsp3) is 0.650. The Balaban J connectivity index is 2.19. The van der Waals surface area contributed by atoms with Crippen LogP contribution < -0.4 is 0 Å². The van der Waals surface area contributed by atoms with Crippen molar-refractivity contribution in [1.82, 2.24) is 0 Å². The lowest BCUT2D eigenvalue weighted by Crippen LogP contribution is -2.25. The highest BCUT2D eigenvalue weighted by Crippen LogP contribution is 2.55. The Morgan fingerprint density at radius 3 is 1.76 bits per heavy atom. The van der Waals surface area contributed by atoms with Crippen LogP contribution in [-0.2, 0) is 5.41 Å². The molecular formula is C20H30O. The zero-order chi connectivity index (χ0) is 16.1. The third-order valence-electron chi connectivity index (χ3n) is 5.75. The van der Waals surface area contributed by atoms with E-state index in [2.05, 4.69) is 60.6 Å². The summed E-state index contributed by atoms with van der Waals surface area (Å²) in [7, 11) is 0. The first-order chi connectivity index (χ1) is 9.44. The van der Waals surface area contributed by atoms with Gasteiger partial charge in [-0.2, -0.15) is 0 Å². The fourth-order valence-electron chi connectivity index (χ4n) is 3.41. The Kier molecular flexibility index (Phi) is 3.85. The van der Waals surface area contributed by atoms with Gasteiger partial charge in [0.2, 0.25) is 0 Å². The molecular weight excluding hydrogens is 256 g/mol. The Labute approximate surface area is 130 Å². The van der Waals surface area contributed by atoms with Gasteiger partial charge in [0.25, 0.3) is 0 Å². The number of benzene rings is 1. The van der Waals surface area contributed by atoms with Gasteiger partial charge < -0.3 is 0 Å². The van der Waals surface area contributed by atoms with Gasteiger partial charge in [-0.15, -0.1) is 0 Å². The lowest BCUT2D eigenvalue weighted by molar-refractivity contribution is 0.0914. The lowest BCUT2D eigenvalue weighted by Gasteiger charge is -2.34. The first kappa shape index (κ1) is 16.3. The number of hydrogen-bond acceptors (Lipinski definition) is 1. The highest BCUT2D eigenvalue weighted by Gasteiger charge is 2.48. The summed E-state index contributed by atoms with van der Waals surface area (Å²) >= 11 is 0. The molecule has 1 aliphatic carbocycles. The number of ketones is 1. The van der Waals surface area contributed by atoms with E-state index in [1.54, 1.807) is 0 Å². The predicted octanol–water partition coefficient (Wildman–Crippen LogP) is 5.63. The van der Waals surface area contributed by atoms with Crippen LogP contribution in [0.5, 0.6) is 0 Å². The molecule has 1 aromatic carbocycles. The number of hydrogen-bond donors (Lipinski definition) is 0. The van der Waals surface area contributed by atoms with E-state index in [9.17, 15) is 4.79 Å². The lowest BCUT2D eigenvalue weighted by atomic mass is 9.71. The average Bonchev–Trinajstić information content (AvgIpc) is 2.57. The van der Waals surface area contributed by atoms with Crippen molar-refractivity contribution >= 4 is 5.78 Å². The van der Waals surface area contributed by atoms with E-state index >= 15 is 0 Å². The highest BCUT2D eigenvalue weighted by atomic mass is 16.1. The highest BCUT2D eigenvalue weighted by molar-refractivity contribution is 5.98. The minimum Gasteiger partial charge on any atom is -0.294 e. The maximum absolute atomic E-state index is 12.8. The molecule has 0 spiro atoms. The van der Waals surface area contributed by atoms with Crippen molar-refractivity contribution in [2.75, 3.05) is 0 Å². The van der Waals surface area contributed by atoms with E-state index in [1.165, 1.54) is 5.56 Å². The zero-order valence-corrected chi connectivity index (χ0v) is 14.7. The summed E-state index contributed by atoms with van der Waals surface area (Å²) in [4.78, 5) is 12.8. The monoisotopic (exact) mass is 286 g/mol. The second-order valence-corrected chi connectivity index (χ2v) is 9.06. The van der Waals surface area contributed by atoms with Crippen LogP contribution in [0.3, 0.4) is 0 Å². The topological polar surface area (TPSA) is 17.1 Å². The van der Waals surface area contributed by atoms with Crippen molar-refractivity contribution in [2.45, 2.75) is 66.7 Å². The Bertz CT molecular complexity index is 510. The van der Waals surface area contributed by atoms with Crippen LogP contribution in [0.2, 0.25) is 0 Å². The molecule has 1 nitrogen and oxygen atoms in total. The van der Waals surface area contributed by atoms with Crippen LogP contribution in [-0.4, -0.2) is 5.78 Å². The molecule has 116 valence electrons. The average molecular weight is 286 g/mol. The molecule has 0 aliphatic heterocycles. The van der Waals surface area contributed by atoms with Gasteiger partial charge in [0.05, 0.1) is 0 Å². The van der Waals surface area contributed by atoms with E-state index < -0.39 is 0 Å². The Morgan fingerprint density at radius 2 is 1.38 bits per heavy atom. The fourth-order valence-corrected chi connectivity index (χ4v) is 3.41. The maximum Gasteiger partial charge on any atom is 0.165 e. The second-order valence-electron chi connectivity index (χ2n) is 9.06. The standard InChI is InChI=1S/C20H30O/c1-18(2,3)16-10-8-14(9-11-16)17(21)15-12-19(4,5)20(6,7)13-15/h8-11,15H,12-13H2,1-7H3. The van der Waals surface area contributed by atoms with E-state index in [0.29, 0.717) is 5.78 Å². The normalized spacial score (nSPS) is 21.5. The van der Waals surface area contributed by atoms with Gasteiger partial charge in [-0.1, -0.05) is 72.7 Å². The molecule has 1 saturated carbocycles. The summed E-state index contributed by atoms with van der Waals surface area (Å²) in [6, 6.07) is 8.25.